The third kappa shape index (κ3) is 5.55. The van der Waals surface area contributed by atoms with Crippen molar-refractivity contribution in [1.82, 2.24) is 4.90 Å². The zero-order chi connectivity index (χ0) is 26.7. The molecule has 1 amide bonds. The number of carbonyl (C=O) groups excluding carboxylic acids is 2. The van der Waals surface area contributed by atoms with Crippen molar-refractivity contribution in [3.05, 3.63) is 89.0 Å². The molecule has 2 atom stereocenters. The Labute approximate surface area is 212 Å². The van der Waals surface area contributed by atoms with Crippen molar-refractivity contribution < 1.29 is 37.0 Å². The van der Waals surface area contributed by atoms with E-state index in [1.54, 1.807) is 25.1 Å². The zero-order valence-corrected chi connectivity index (χ0v) is 20.5. The fraction of sp³-hybridized carbons (Fsp3) is 0.286. The van der Waals surface area contributed by atoms with Crippen molar-refractivity contribution in [2.75, 3.05) is 14.2 Å². The fourth-order valence-corrected chi connectivity index (χ4v) is 4.46. The van der Waals surface area contributed by atoms with Gasteiger partial charge in [-0.15, -0.1) is 0 Å². The van der Waals surface area contributed by atoms with Crippen LogP contribution in [-0.2, 0) is 33.4 Å². The first-order valence-corrected chi connectivity index (χ1v) is 11.6. The average Bonchev–Trinajstić information content (AvgIpc) is 3.17. The number of hydrogen-bond acceptors (Lipinski definition) is 5. The molecule has 4 rings (SSSR count). The number of alkyl halides is 3. The van der Waals surface area contributed by atoms with E-state index in [4.69, 9.17) is 14.2 Å². The number of carbonyl (C=O) groups is 2. The van der Waals surface area contributed by atoms with Crippen LogP contribution < -0.4 is 4.74 Å². The Morgan fingerprint density at radius 1 is 1.00 bits per heavy atom. The minimum absolute atomic E-state index is 0.0162. The first kappa shape index (κ1) is 26.1. The van der Waals surface area contributed by atoms with E-state index in [2.05, 4.69) is 0 Å². The Hall–Kier alpha value is -4.01. The Morgan fingerprint density at radius 3 is 2.38 bits per heavy atom. The highest BCUT2D eigenvalue weighted by Gasteiger charge is 2.40. The van der Waals surface area contributed by atoms with Crippen molar-refractivity contribution in [1.29, 1.82) is 0 Å². The lowest BCUT2D eigenvalue weighted by atomic mass is 9.93. The molecule has 0 spiro atoms. The van der Waals surface area contributed by atoms with Crippen molar-refractivity contribution in [3.63, 3.8) is 0 Å². The maximum atomic E-state index is 13.7. The topological polar surface area (TPSA) is 65.1 Å². The van der Waals surface area contributed by atoms with Gasteiger partial charge in [-0.1, -0.05) is 42.5 Å². The third-order valence-electron chi connectivity index (χ3n) is 6.42. The lowest BCUT2D eigenvalue weighted by molar-refractivity contribution is -0.140. The molecule has 0 radical (unpaired) electrons. The van der Waals surface area contributed by atoms with Gasteiger partial charge in [0.1, 0.15) is 11.9 Å². The van der Waals surface area contributed by atoms with Crippen LogP contribution in [0.2, 0.25) is 0 Å². The minimum atomic E-state index is -4.58. The summed E-state index contributed by atoms with van der Waals surface area (Å²) in [6.45, 7) is 1.68. The molecule has 0 bridgehead atoms. The monoisotopic (exact) mass is 513 g/mol. The number of cyclic esters (lactones) is 1. The summed E-state index contributed by atoms with van der Waals surface area (Å²) in [5.74, 6) is -0.0433. The van der Waals surface area contributed by atoms with Crippen molar-refractivity contribution in [3.8, 4) is 16.9 Å². The van der Waals surface area contributed by atoms with Gasteiger partial charge in [0.2, 0.25) is 0 Å². The van der Waals surface area contributed by atoms with E-state index in [1.165, 1.54) is 25.2 Å². The molecule has 0 saturated carbocycles. The first-order chi connectivity index (χ1) is 17.6. The number of benzene rings is 3. The summed E-state index contributed by atoms with van der Waals surface area (Å²) in [7, 11) is 2.73. The van der Waals surface area contributed by atoms with Crippen LogP contribution in [0, 0.1) is 0 Å². The van der Waals surface area contributed by atoms with Gasteiger partial charge in [-0.05, 0) is 53.4 Å². The van der Waals surface area contributed by atoms with Gasteiger partial charge in [-0.2, -0.15) is 13.2 Å². The van der Waals surface area contributed by atoms with E-state index in [0.29, 0.717) is 22.4 Å². The molecular formula is C28H26F3NO5. The van der Waals surface area contributed by atoms with Gasteiger partial charge in [0.05, 0.1) is 38.8 Å². The van der Waals surface area contributed by atoms with E-state index in [1.807, 2.05) is 30.3 Å². The van der Waals surface area contributed by atoms with Gasteiger partial charge in [-0.3, -0.25) is 9.69 Å². The van der Waals surface area contributed by atoms with Gasteiger partial charge < -0.3 is 14.2 Å². The summed E-state index contributed by atoms with van der Waals surface area (Å²) in [4.78, 5) is 26.1. The average molecular weight is 514 g/mol. The van der Waals surface area contributed by atoms with E-state index >= 15 is 0 Å². The predicted octanol–water partition coefficient (Wildman–Crippen LogP) is 6.18. The molecule has 6 nitrogen and oxygen atoms in total. The van der Waals surface area contributed by atoms with Gasteiger partial charge in [-0.25, -0.2) is 4.79 Å². The molecule has 9 heteroatoms. The predicted molar refractivity (Wildman–Crippen MR) is 130 cm³/mol. The Bertz CT molecular complexity index is 1290. The maximum Gasteiger partial charge on any atom is 0.416 e. The molecule has 3 aromatic carbocycles. The normalized spacial score (nSPS) is 17.5. The Balaban J connectivity index is 1.77. The van der Waals surface area contributed by atoms with E-state index in [9.17, 15) is 22.8 Å². The van der Waals surface area contributed by atoms with Crippen LogP contribution in [0.4, 0.5) is 18.0 Å². The van der Waals surface area contributed by atoms with Gasteiger partial charge in [0, 0.05) is 5.56 Å². The number of nitrogens with zero attached hydrogens (tertiary/aromatic N) is 1. The molecule has 194 valence electrons. The number of methoxy groups -OCH3 is 2. The molecule has 37 heavy (non-hydrogen) atoms. The quantitative estimate of drug-likeness (QED) is 0.353. The van der Waals surface area contributed by atoms with Crippen molar-refractivity contribution in [2.24, 2.45) is 0 Å². The summed E-state index contributed by atoms with van der Waals surface area (Å²) in [5.41, 5.74) is 1.77. The Morgan fingerprint density at radius 2 is 1.73 bits per heavy atom. The molecule has 0 unspecified atom stereocenters. The second-order valence-electron chi connectivity index (χ2n) is 8.74. The number of amides is 1. The minimum Gasteiger partial charge on any atom is -0.496 e. The summed E-state index contributed by atoms with van der Waals surface area (Å²) in [5, 5.41) is 0. The summed E-state index contributed by atoms with van der Waals surface area (Å²) in [6, 6.07) is 17.2. The first-order valence-electron chi connectivity index (χ1n) is 11.6. The van der Waals surface area contributed by atoms with E-state index < -0.39 is 35.9 Å². The van der Waals surface area contributed by atoms with Crippen LogP contribution >= 0.6 is 0 Å². The van der Waals surface area contributed by atoms with Crippen LogP contribution in [-0.4, -0.2) is 37.2 Å². The largest absolute Gasteiger partial charge is 0.496 e. The zero-order valence-electron chi connectivity index (χ0n) is 20.5. The smallest absolute Gasteiger partial charge is 0.416 e. The second kappa shape index (κ2) is 10.5. The molecular weight excluding hydrogens is 487 g/mol. The van der Waals surface area contributed by atoms with E-state index in [0.717, 1.165) is 17.7 Å². The standard InChI is InChI=1S/C28H26F3NO5/c1-17-26(19-7-5-4-6-8-19)37-27(34)32(17)16-20-15-21(28(29,30)31)10-11-22(20)23-13-18(14-25(33)36-3)9-12-24(23)35-2/h4-13,15,17,26H,14,16H2,1-3H3/t17-,26-/m0/s1. The molecule has 0 aromatic heterocycles. The van der Waals surface area contributed by atoms with E-state index in [-0.39, 0.29) is 18.5 Å². The lowest BCUT2D eigenvalue weighted by Crippen LogP contribution is -2.31. The highest BCUT2D eigenvalue weighted by Crippen LogP contribution is 2.40. The van der Waals surface area contributed by atoms with Crippen LogP contribution in [0.1, 0.15) is 35.3 Å². The van der Waals surface area contributed by atoms with Crippen molar-refractivity contribution in [2.45, 2.75) is 38.2 Å². The molecule has 1 heterocycles. The van der Waals surface area contributed by atoms with Crippen LogP contribution in [0.5, 0.6) is 5.75 Å². The third-order valence-corrected chi connectivity index (χ3v) is 6.42. The van der Waals surface area contributed by atoms with Gasteiger partial charge in [0.25, 0.3) is 0 Å². The fourth-order valence-electron chi connectivity index (χ4n) is 4.46. The van der Waals surface area contributed by atoms with Gasteiger partial charge in [0.15, 0.2) is 0 Å². The maximum absolute atomic E-state index is 13.7. The highest BCUT2D eigenvalue weighted by molar-refractivity contribution is 5.78. The second-order valence-corrected chi connectivity index (χ2v) is 8.74. The van der Waals surface area contributed by atoms with Crippen LogP contribution in [0.25, 0.3) is 11.1 Å². The molecule has 1 saturated heterocycles. The summed E-state index contributed by atoms with van der Waals surface area (Å²) < 4.78 is 56.8. The highest BCUT2D eigenvalue weighted by atomic mass is 19.4. The lowest BCUT2D eigenvalue weighted by Gasteiger charge is -2.24. The SMILES string of the molecule is COC(=O)Cc1ccc(OC)c(-c2ccc(C(F)(F)F)cc2CN2C(=O)O[C@H](c3ccccc3)[C@@H]2C)c1. The summed E-state index contributed by atoms with van der Waals surface area (Å²) >= 11 is 0. The number of hydrogen-bond donors (Lipinski definition) is 0. The summed E-state index contributed by atoms with van der Waals surface area (Å²) in [6.07, 6.45) is -5.76. The number of halogens is 3. The van der Waals surface area contributed by atoms with Crippen molar-refractivity contribution >= 4 is 12.1 Å². The molecule has 1 fully saturated rings. The number of ether oxygens (including phenoxy) is 3. The molecule has 0 N–H and O–H groups in total. The van der Waals surface area contributed by atoms with Crippen LogP contribution in [0.15, 0.2) is 66.7 Å². The number of rotatable bonds is 7. The number of esters is 1. The van der Waals surface area contributed by atoms with Gasteiger partial charge >= 0.3 is 18.2 Å². The molecule has 1 aliphatic heterocycles. The van der Waals surface area contributed by atoms with Crippen LogP contribution in [0.3, 0.4) is 0 Å². The molecule has 3 aromatic rings. The Kier molecular flexibility index (Phi) is 7.42. The molecule has 1 aliphatic rings. The molecule has 0 aliphatic carbocycles.